The van der Waals surface area contributed by atoms with Gasteiger partial charge in [0.25, 0.3) is 0 Å². The summed E-state index contributed by atoms with van der Waals surface area (Å²) in [5.74, 6) is 0. The fourth-order valence-electron chi connectivity index (χ4n) is 4.88. The second-order valence-corrected chi connectivity index (χ2v) is 9.74. The lowest BCUT2D eigenvalue weighted by Crippen LogP contribution is -2.38. The van der Waals surface area contributed by atoms with E-state index in [0.29, 0.717) is 0 Å². The van der Waals surface area contributed by atoms with Gasteiger partial charge in [0, 0.05) is 39.6 Å². The summed E-state index contributed by atoms with van der Waals surface area (Å²) in [5.41, 5.74) is 5.57. The molecular weight excluding hydrogens is 516 g/mol. The Morgan fingerprint density at radius 3 is 1.80 bits per heavy atom. The molecule has 0 N–H and O–H groups in total. The second kappa shape index (κ2) is 8.87. The summed E-state index contributed by atoms with van der Waals surface area (Å²) in [6.45, 7) is 0. The van der Waals surface area contributed by atoms with Crippen molar-refractivity contribution in [3.63, 3.8) is 0 Å². The van der Waals surface area contributed by atoms with Crippen LogP contribution in [0.5, 0.6) is 0 Å². The van der Waals surface area contributed by atoms with E-state index in [1.165, 1.54) is 0 Å². The highest BCUT2D eigenvalue weighted by Gasteiger charge is 2.39. The van der Waals surface area contributed by atoms with Gasteiger partial charge < -0.3 is 0 Å². The monoisotopic (exact) mass is 536 g/mol. The number of hydrogen-bond donors (Lipinski definition) is 1. The molecule has 6 rings (SSSR count). The summed E-state index contributed by atoms with van der Waals surface area (Å²) in [6, 6.07) is 33.7. The SMILES string of the molecule is Sn1cc(-c2cnn(C(c3ccccc3)(c3ccccc3)c3ccccc3)c2)c2cc(Br)cnc21. The maximum Gasteiger partial charge on any atom is 0.150 e. The van der Waals surface area contributed by atoms with Crippen molar-refractivity contribution in [2.24, 2.45) is 0 Å². The van der Waals surface area contributed by atoms with E-state index in [2.05, 4.69) is 123 Å². The molecule has 0 aliphatic carbocycles. The van der Waals surface area contributed by atoms with Crippen LogP contribution >= 0.6 is 28.7 Å². The van der Waals surface area contributed by atoms with Crippen molar-refractivity contribution in [1.29, 1.82) is 0 Å². The van der Waals surface area contributed by atoms with Crippen LogP contribution in [0.4, 0.5) is 0 Å². The highest BCUT2D eigenvalue weighted by molar-refractivity contribution is 9.10. The zero-order chi connectivity index (χ0) is 23.8. The second-order valence-electron chi connectivity index (χ2n) is 8.39. The van der Waals surface area contributed by atoms with Gasteiger partial charge in [-0.05, 0) is 38.7 Å². The Hall–Kier alpha value is -3.61. The van der Waals surface area contributed by atoms with Gasteiger partial charge in [0.1, 0.15) is 11.2 Å². The zero-order valence-corrected chi connectivity index (χ0v) is 21.1. The predicted molar refractivity (Wildman–Crippen MR) is 148 cm³/mol. The normalized spacial score (nSPS) is 11.7. The third-order valence-corrected chi connectivity index (χ3v) is 7.14. The summed E-state index contributed by atoms with van der Waals surface area (Å²) in [7, 11) is 0. The topological polar surface area (TPSA) is 35.6 Å². The first kappa shape index (κ1) is 21.9. The molecule has 3 aromatic carbocycles. The summed E-state index contributed by atoms with van der Waals surface area (Å²) >= 11 is 8.16. The van der Waals surface area contributed by atoms with E-state index in [1.54, 1.807) is 10.2 Å². The first-order valence-corrected chi connectivity index (χ1v) is 12.4. The maximum absolute atomic E-state index is 4.98. The van der Waals surface area contributed by atoms with Crippen molar-refractivity contribution in [3.05, 3.63) is 143 Å². The Kier molecular flexibility index (Phi) is 5.55. The van der Waals surface area contributed by atoms with Crippen molar-refractivity contribution in [2.45, 2.75) is 5.54 Å². The Morgan fingerprint density at radius 1 is 0.714 bits per heavy atom. The number of aromatic nitrogens is 4. The molecule has 4 nitrogen and oxygen atoms in total. The molecule has 0 spiro atoms. The van der Waals surface area contributed by atoms with Crippen LogP contribution in [0.2, 0.25) is 0 Å². The summed E-state index contributed by atoms with van der Waals surface area (Å²) in [4.78, 5) is 4.54. The molecule has 0 fully saturated rings. The number of pyridine rings is 1. The summed E-state index contributed by atoms with van der Waals surface area (Å²) < 4.78 is 4.76. The number of nitrogens with zero attached hydrogens (tertiary/aromatic N) is 4. The smallest absolute Gasteiger partial charge is 0.150 e. The molecule has 0 aliphatic heterocycles. The van der Waals surface area contributed by atoms with Crippen molar-refractivity contribution in [1.82, 2.24) is 18.7 Å². The van der Waals surface area contributed by atoms with Crippen LogP contribution in [-0.4, -0.2) is 18.7 Å². The lowest BCUT2D eigenvalue weighted by atomic mass is 9.77. The lowest BCUT2D eigenvalue weighted by Gasteiger charge is -2.36. The molecule has 35 heavy (non-hydrogen) atoms. The van der Waals surface area contributed by atoms with E-state index in [9.17, 15) is 0 Å². The molecule has 0 aliphatic rings. The molecule has 170 valence electrons. The van der Waals surface area contributed by atoms with Crippen LogP contribution in [0.15, 0.2) is 126 Å². The molecule has 6 aromatic rings. The molecule has 0 unspecified atom stereocenters. The summed E-state index contributed by atoms with van der Waals surface area (Å²) in [5, 5.41) is 6.00. The number of hydrogen-bond acceptors (Lipinski definition) is 3. The Balaban J connectivity index is 1.64. The van der Waals surface area contributed by atoms with E-state index in [-0.39, 0.29) is 0 Å². The first-order chi connectivity index (χ1) is 17.2. The van der Waals surface area contributed by atoms with Gasteiger partial charge in [-0.3, -0.25) is 8.65 Å². The number of thiol groups is 1. The minimum Gasteiger partial charge on any atom is -0.277 e. The van der Waals surface area contributed by atoms with Gasteiger partial charge in [-0.1, -0.05) is 104 Å². The van der Waals surface area contributed by atoms with Crippen molar-refractivity contribution in [2.75, 3.05) is 0 Å². The van der Waals surface area contributed by atoms with Gasteiger partial charge in [-0.2, -0.15) is 5.10 Å². The molecule has 0 bridgehead atoms. The van der Waals surface area contributed by atoms with Crippen LogP contribution in [0, 0.1) is 0 Å². The van der Waals surface area contributed by atoms with Crippen LogP contribution < -0.4 is 0 Å². The minimum absolute atomic E-state index is 0.653. The number of rotatable bonds is 5. The fourth-order valence-corrected chi connectivity index (χ4v) is 5.48. The average molecular weight is 537 g/mol. The van der Waals surface area contributed by atoms with Gasteiger partial charge in [0.15, 0.2) is 0 Å². The Bertz CT molecular complexity index is 1510. The van der Waals surface area contributed by atoms with Gasteiger partial charge in [0.2, 0.25) is 0 Å². The number of halogens is 1. The van der Waals surface area contributed by atoms with Crippen LogP contribution in [0.3, 0.4) is 0 Å². The van der Waals surface area contributed by atoms with Gasteiger partial charge in [-0.25, -0.2) is 4.98 Å². The van der Waals surface area contributed by atoms with E-state index >= 15 is 0 Å². The Morgan fingerprint density at radius 2 is 1.26 bits per heavy atom. The molecule has 0 amide bonds. The summed E-state index contributed by atoms with van der Waals surface area (Å²) in [6.07, 6.45) is 7.82. The molecule has 3 heterocycles. The van der Waals surface area contributed by atoms with Crippen LogP contribution in [0.25, 0.3) is 22.2 Å². The standard InChI is InChI=1S/C29H21BrN4S/c30-25-16-26-27(20-33(35)28(26)31-18-25)21-17-32-34(19-21)29(22-10-4-1-5-11-22,23-12-6-2-7-13-23)24-14-8-3-9-15-24/h1-20,35H. The lowest BCUT2D eigenvalue weighted by molar-refractivity contribution is 0.460. The molecule has 0 saturated carbocycles. The number of fused-ring (bicyclic) bond motifs is 1. The number of benzene rings is 3. The third kappa shape index (κ3) is 3.61. The molecule has 6 heteroatoms. The van der Waals surface area contributed by atoms with Gasteiger partial charge in [-0.15, -0.1) is 0 Å². The third-order valence-electron chi connectivity index (χ3n) is 6.40. The zero-order valence-electron chi connectivity index (χ0n) is 18.7. The van der Waals surface area contributed by atoms with Crippen molar-refractivity contribution in [3.8, 4) is 11.1 Å². The molecule has 3 aromatic heterocycles. The van der Waals surface area contributed by atoms with Gasteiger partial charge >= 0.3 is 0 Å². The highest BCUT2D eigenvalue weighted by Crippen LogP contribution is 2.41. The first-order valence-electron chi connectivity index (χ1n) is 11.3. The highest BCUT2D eigenvalue weighted by atomic mass is 79.9. The maximum atomic E-state index is 4.98. The van der Waals surface area contributed by atoms with E-state index in [0.717, 1.165) is 43.3 Å². The van der Waals surface area contributed by atoms with Gasteiger partial charge in [0.05, 0.1) is 6.20 Å². The minimum atomic E-state index is -0.653. The van der Waals surface area contributed by atoms with Crippen molar-refractivity contribution >= 4 is 39.8 Å². The Labute approximate surface area is 217 Å². The molecule has 0 saturated heterocycles. The van der Waals surface area contributed by atoms with E-state index in [1.807, 2.05) is 30.6 Å². The fraction of sp³-hybridized carbons (Fsp3) is 0.0345. The quantitative estimate of drug-likeness (QED) is 0.187. The van der Waals surface area contributed by atoms with Crippen LogP contribution in [-0.2, 0) is 5.54 Å². The molecule has 0 radical (unpaired) electrons. The predicted octanol–water partition coefficient (Wildman–Crippen LogP) is 7.20. The van der Waals surface area contributed by atoms with Crippen molar-refractivity contribution < 1.29 is 0 Å². The van der Waals surface area contributed by atoms with Crippen LogP contribution in [0.1, 0.15) is 16.7 Å². The van der Waals surface area contributed by atoms with E-state index < -0.39 is 5.54 Å². The largest absolute Gasteiger partial charge is 0.277 e. The molecular formula is C29H21BrN4S. The average Bonchev–Trinajstić information content (AvgIpc) is 3.51. The molecule has 0 atom stereocenters. The van der Waals surface area contributed by atoms with E-state index in [4.69, 9.17) is 5.10 Å².